The number of anilines is 1. The van der Waals surface area contributed by atoms with Crippen LogP contribution in [-0.4, -0.2) is 45.5 Å². The monoisotopic (exact) mass is 269 g/mol. The van der Waals surface area contributed by atoms with E-state index in [1.165, 1.54) is 18.3 Å². The normalized spacial score (nSPS) is 23.2. The molecule has 1 aromatic heterocycles. The highest BCUT2D eigenvalue weighted by molar-refractivity contribution is 7.14. The molecule has 2 heterocycles. The molecule has 6 nitrogen and oxygen atoms in total. The Labute approximate surface area is 109 Å². The van der Waals surface area contributed by atoms with Gasteiger partial charge in [-0.2, -0.15) is 0 Å². The van der Waals surface area contributed by atoms with Crippen molar-refractivity contribution in [1.29, 1.82) is 0 Å². The molecule has 2 N–H and O–H groups in total. The largest absolute Gasteiger partial charge is 0.388 e. The van der Waals surface area contributed by atoms with Crippen LogP contribution in [0.15, 0.2) is 5.38 Å². The predicted octanol–water partition coefficient (Wildman–Crippen LogP) is 0.698. The standard InChI is InChI=1S/C11H15N3O3S/c1-7(15)12-10-13-8(5-18-10)9(16)14-4-3-11(2,17)6-14/h5,17H,3-4,6H2,1-2H3,(H,12,13,15). The van der Waals surface area contributed by atoms with E-state index < -0.39 is 5.60 Å². The van der Waals surface area contributed by atoms with Crippen LogP contribution >= 0.6 is 11.3 Å². The maximum absolute atomic E-state index is 12.1. The molecule has 1 aliphatic heterocycles. The molecule has 7 heteroatoms. The van der Waals surface area contributed by atoms with Crippen molar-refractivity contribution in [3.05, 3.63) is 11.1 Å². The highest BCUT2D eigenvalue weighted by atomic mass is 32.1. The Balaban J connectivity index is 2.05. The van der Waals surface area contributed by atoms with Crippen molar-refractivity contribution < 1.29 is 14.7 Å². The van der Waals surface area contributed by atoms with Crippen LogP contribution in [0.25, 0.3) is 0 Å². The number of thiazole rings is 1. The molecule has 0 bridgehead atoms. The van der Waals surface area contributed by atoms with Gasteiger partial charge in [0.25, 0.3) is 5.91 Å². The van der Waals surface area contributed by atoms with Gasteiger partial charge in [-0.25, -0.2) is 4.98 Å². The highest BCUT2D eigenvalue weighted by Gasteiger charge is 2.34. The van der Waals surface area contributed by atoms with Crippen molar-refractivity contribution in [2.45, 2.75) is 25.9 Å². The fraction of sp³-hybridized carbons (Fsp3) is 0.545. The first kappa shape index (κ1) is 13.0. The molecule has 0 saturated carbocycles. The van der Waals surface area contributed by atoms with Gasteiger partial charge in [-0.15, -0.1) is 11.3 Å². The summed E-state index contributed by atoms with van der Waals surface area (Å²) >= 11 is 1.21. The number of hydrogen-bond acceptors (Lipinski definition) is 5. The molecule has 0 aliphatic carbocycles. The zero-order chi connectivity index (χ0) is 13.3. The second-order valence-electron chi connectivity index (χ2n) is 4.69. The van der Waals surface area contributed by atoms with Gasteiger partial charge in [-0.05, 0) is 13.3 Å². The van der Waals surface area contributed by atoms with Crippen molar-refractivity contribution in [1.82, 2.24) is 9.88 Å². The SMILES string of the molecule is CC(=O)Nc1nc(C(=O)N2CCC(C)(O)C2)cs1. The molecule has 2 amide bonds. The molecule has 98 valence electrons. The Kier molecular flexibility index (Phi) is 3.36. The van der Waals surface area contributed by atoms with Crippen LogP contribution in [0.5, 0.6) is 0 Å². The Morgan fingerprint density at radius 2 is 2.33 bits per heavy atom. The van der Waals surface area contributed by atoms with Gasteiger partial charge in [-0.1, -0.05) is 0 Å². The summed E-state index contributed by atoms with van der Waals surface area (Å²) in [5, 5.41) is 14.4. The van der Waals surface area contributed by atoms with Gasteiger partial charge in [0.05, 0.1) is 5.60 Å². The first-order valence-corrected chi connectivity index (χ1v) is 6.50. The second-order valence-corrected chi connectivity index (χ2v) is 5.55. The molecule has 1 saturated heterocycles. The number of nitrogens with one attached hydrogen (secondary N) is 1. The summed E-state index contributed by atoms with van der Waals surface area (Å²) in [5.41, 5.74) is -0.506. The Hall–Kier alpha value is -1.47. The third kappa shape index (κ3) is 2.85. The maximum Gasteiger partial charge on any atom is 0.273 e. The highest BCUT2D eigenvalue weighted by Crippen LogP contribution is 2.23. The van der Waals surface area contributed by atoms with E-state index in [1.807, 2.05) is 0 Å². The van der Waals surface area contributed by atoms with E-state index in [0.717, 1.165) is 0 Å². The van der Waals surface area contributed by atoms with E-state index in [2.05, 4.69) is 10.3 Å². The Bertz CT molecular complexity index is 484. The molecule has 1 fully saturated rings. The summed E-state index contributed by atoms with van der Waals surface area (Å²) in [6.45, 7) is 3.95. The summed E-state index contributed by atoms with van der Waals surface area (Å²) in [4.78, 5) is 28.6. The van der Waals surface area contributed by atoms with Crippen LogP contribution in [0.4, 0.5) is 5.13 Å². The zero-order valence-corrected chi connectivity index (χ0v) is 11.1. The Morgan fingerprint density at radius 3 is 2.89 bits per heavy atom. The van der Waals surface area contributed by atoms with E-state index in [9.17, 15) is 14.7 Å². The lowest BCUT2D eigenvalue weighted by Gasteiger charge is -2.17. The van der Waals surface area contributed by atoms with Gasteiger partial charge in [0.2, 0.25) is 5.91 Å². The lowest BCUT2D eigenvalue weighted by Crippen LogP contribution is -2.34. The lowest BCUT2D eigenvalue weighted by atomic mass is 10.1. The molecule has 0 aromatic carbocycles. The molecular weight excluding hydrogens is 254 g/mol. The molecule has 1 atom stereocenters. The number of hydrogen-bond donors (Lipinski definition) is 2. The smallest absolute Gasteiger partial charge is 0.273 e. The van der Waals surface area contributed by atoms with Crippen LogP contribution in [-0.2, 0) is 4.79 Å². The third-order valence-corrected chi connectivity index (χ3v) is 3.50. The number of amides is 2. The Morgan fingerprint density at radius 1 is 1.61 bits per heavy atom. The van der Waals surface area contributed by atoms with Crippen LogP contribution in [0, 0.1) is 0 Å². The number of likely N-dealkylation sites (tertiary alicyclic amines) is 1. The number of carbonyl (C=O) groups excluding carboxylic acids is 2. The summed E-state index contributed by atoms with van der Waals surface area (Å²) in [5.74, 6) is -0.423. The van der Waals surface area contributed by atoms with E-state index in [-0.39, 0.29) is 11.8 Å². The lowest BCUT2D eigenvalue weighted by molar-refractivity contribution is -0.114. The summed E-state index contributed by atoms with van der Waals surface area (Å²) in [6.07, 6.45) is 0.571. The van der Waals surface area contributed by atoms with Gasteiger partial charge in [-0.3, -0.25) is 9.59 Å². The van der Waals surface area contributed by atoms with Crippen molar-refractivity contribution >= 4 is 28.3 Å². The molecule has 18 heavy (non-hydrogen) atoms. The molecule has 0 spiro atoms. The topological polar surface area (TPSA) is 82.5 Å². The summed E-state index contributed by atoms with van der Waals surface area (Å²) in [6, 6.07) is 0. The quantitative estimate of drug-likeness (QED) is 0.828. The zero-order valence-electron chi connectivity index (χ0n) is 10.3. The average molecular weight is 269 g/mol. The van der Waals surface area contributed by atoms with Gasteiger partial charge in [0, 0.05) is 25.4 Å². The summed E-state index contributed by atoms with van der Waals surface area (Å²) in [7, 11) is 0. The number of β-amino-alcohol motifs (C(OH)–C–C–N with tert-alkyl or cyclic N) is 1. The van der Waals surface area contributed by atoms with E-state index in [4.69, 9.17) is 0 Å². The molecule has 0 radical (unpaired) electrons. The average Bonchev–Trinajstić information content (AvgIpc) is 2.83. The van der Waals surface area contributed by atoms with Crippen molar-refractivity contribution in [2.75, 3.05) is 18.4 Å². The van der Waals surface area contributed by atoms with Crippen LogP contribution in [0.2, 0.25) is 0 Å². The van der Waals surface area contributed by atoms with Gasteiger partial charge < -0.3 is 15.3 Å². The van der Waals surface area contributed by atoms with Crippen LogP contribution in [0.3, 0.4) is 0 Å². The number of nitrogens with zero attached hydrogens (tertiary/aromatic N) is 2. The van der Waals surface area contributed by atoms with Gasteiger partial charge >= 0.3 is 0 Å². The number of aromatic nitrogens is 1. The number of carbonyl (C=O) groups is 2. The predicted molar refractivity (Wildman–Crippen MR) is 67.6 cm³/mol. The van der Waals surface area contributed by atoms with E-state index in [0.29, 0.717) is 30.3 Å². The van der Waals surface area contributed by atoms with Crippen LogP contribution in [0.1, 0.15) is 30.8 Å². The second kappa shape index (κ2) is 4.66. The first-order chi connectivity index (χ1) is 8.37. The van der Waals surface area contributed by atoms with E-state index >= 15 is 0 Å². The number of rotatable bonds is 2. The molecule has 2 rings (SSSR count). The fourth-order valence-electron chi connectivity index (χ4n) is 1.86. The van der Waals surface area contributed by atoms with Crippen molar-refractivity contribution in [2.24, 2.45) is 0 Å². The summed E-state index contributed by atoms with van der Waals surface area (Å²) < 4.78 is 0. The van der Waals surface area contributed by atoms with Gasteiger partial charge in [0.15, 0.2) is 5.13 Å². The van der Waals surface area contributed by atoms with Crippen molar-refractivity contribution in [3.63, 3.8) is 0 Å². The minimum Gasteiger partial charge on any atom is -0.388 e. The van der Waals surface area contributed by atoms with Crippen molar-refractivity contribution in [3.8, 4) is 0 Å². The van der Waals surface area contributed by atoms with Gasteiger partial charge in [0.1, 0.15) is 5.69 Å². The molecule has 1 aliphatic rings. The van der Waals surface area contributed by atoms with Crippen LogP contribution < -0.4 is 5.32 Å². The maximum atomic E-state index is 12.1. The molecule has 1 aromatic rings. The number of aliphatic hydroxyl groups is 1. The minimum absolute atomic E-state index is 0.208. The minimum atomic E-state index is -0.813. The third-order valence-electron chi connectivity index (χ3n) is 2.75. The fourth-order valence-corrected chi connectivity index (χ4v) is 2.59. The van der Waals surface area contributed by atoms with E-state index in [1.54, 1.807) is 17.2 Å². The molecular formula is C11H15N3O3S. The molecule has 1 unspecified atom stereocenters. The first-order valence-electron chi connectivity index (χ1n) is 5.62.